The van der Waals surface area contributed by atoms with Gasteiger partial charge < -0.3 is 26.1 Å². The van der Waals surface area contributed by atoms with Gasteiger partial charge in [-0.15, -0.1) is 0 Å². The van der Waals surface area contributed by atoms with E-state index in [0.717, 1.165) is 36.8 Å². The highest BCUT2D eigenvalue weighted by Crippen LogP contribution is 2.31. The Labute approximate surface area is 255 Å². The number of aryl methyl sites for hydroxylation is 1. The second-order valence-electron chi connectivity index (χ2n) is 12.0. The number of amidine groups is 1. The van der Waals surface area contributed by atoms with E-state index < -0.39 is 11.5 Å². The summed E-state index contributed by atoms with van der Waals surface area (Å²) in [6, 6.07) is 13.2. The molecule has 3 heterocycles. The molecular weight excluding hydrogens is 569 g/mol. The van der Waals surface area contributed by atoms with Crippen molar-refractivity contribution in [2.24, 2.45) is 5.73 Å². The number of nitrogens with two attached hydrogens (primary N) is 1. The maximum atomic E-state index is 15.2. The van der Waals surface area contributed by atoms with Crippen molar-refractivity contribution in [1.82, 2.24) is 25.2 Å². The minimum Gasteiger partial charge on any atom is -0.378 e. The van der Waals surface area contributed by atoms with Crippen molar-refractivity contribution < 1.29 is 9.13 Å². The molecule has 1 aliphatic rings. The number of nitrogens with one attached hydrogen (secondary N) is 4. The van der Waals surface area contributed by atoms with Gasteiger partial charge in [-0.25, -0.2) is 9.18 Å². The van der Waals surface area contributed by atoms with E-state index in [2.05, 4.69) is 20.6 Å². The van der Waals surface area contributed by atoms with E-state index in [9.17, 15) is 4.79 Å². The Morgan fingerprint density at radius 1 is 1.26 bits per heavy atom. The Morgan fingerprint density at radius 2 is 2.02 bits per heavy atom. The van der Waals surface area contributed by atoms with E-state index in [-0.39, 0.29) is 22.6 Å². The number of halogens is 2. The molecular formula is C32H39ClFN7O2. The number of morpholine rings is 1. The van der Waals surface area contributed by atoms with Crippen LogP contribution in [0.1, 0.15) is 57.2 Å². The quantitative estimate of drug-likeness (QED) is 0.124. The molecule has 5 rings (SSSR count). The third-order valence-electron chi connectivity index (χ3n) is 7.67. The minimum absolute atomic E-state index is 0.0257. The van der Waals surface area contributed by atoms with E-state index in [1.165, 1.54) is 4.57 Å². The predicted octanol–water partition coefficient (Wildman–Crippen LogP) is 5.24. The van der Waals surface area contributed by atoms with Gasteiger partial charge >= 0.3 is 5.69 Å². The van der Waals surface area contributed by atoms with Crippen molar-refractivity contribution in [3.05, 3.63) is 81.1 Å². The van der Waals surface area contributed by atoms with Crippen LogP contribution >= 0.6 is 11.6 Å². The Balaban J connectivity index is 1.34. The highest BCUT2D eigenvalue weighted by molar-refractivity contribution is 6.31. The van der Waals surface area contributed by atoms with E-state index in [0.29, 0.717) is 53.6 Å². The molecule has 0 unspecified atom stereocenters. The molecule has 4 aromatic rings. The summed E-state index contributed by atoms with van der Waals surface area (Å²) >= 11 is 6.27. The van der Waals surface area contributed by atoms with Gasteiger partial charge in [0.05, 0.1) is 41.5 Å². The molecule has 0 bridgehead atoms. The molecule has 43 heavy (non-hydrogen) atoms. The van der Waals surface area contributed by atoms with Crippen LogP contribution in [-0.2, 0) is 11.2 Å². The first kappa shape index (κ1) is 30.9. The first-order valence-electron chi connectivity index (χ1n) is 14.6. The van der Waals surface area contributed by atoms with Gasteiger partial charge in [-0.3, -0.25) is 9.98 Å². The van der Waals surface area contributed by atoms with Crippen molar-refractivity contribution in [3.8, 4) is 16.9 Å². The topological polar surface area (TPSA) is 134 Å². The molecule has 6 N–H and O–H groups in total. The summed E-state index contributed by atoms with van der Waals surface area (Å²) in [7, 11) is 0. The number of benzene rings is 2. The lowest BCUT2D eigenvalue weighted by molar-refractivity contribution is 0.0431. The van der Waals surface area contributed by atoms with Crippen LogP contribution in [0.15, 0.2) is 53.5 Å². The zero-order valence-corrected chi connectivity index (χ0v) is 25.5. The molecule has 0 radical (unpaired) electrons. The summed E-state index contributed by atoms with van der Waals surface area (Å²) in [5.74, 6) is -0.0719. The van der Waals surface area contributed by atoms with Crippen molar-refractivity contribution in [3.63, 3.8) is 0 Å². The number of ether oxygens (including phenoxy) is 1. The van der Waals surface area contributed by atoms with Gasteiger partial charge in [0.15, 0.2) is 5.82 Å². The van der Waals surface area contributed by atoms with E-state index in [1.54, 1.807) is 31.3 Å². The molecule has 0 spiro atoms. The van der Waals surface area contributed by atoms with E-state index in [1.807, 2.05) is 38.1 Å². The van der Waals surface area contributed by atoms with Gasteiger partial charge in [0.1, 0.15) is 5.65 Å². The predicted molar refractivity (Wildman–Crippen MR) is 170 cm³/mol. The minimum atomic E-state index is -0.523. The lowest BCUT2D eigenvalue weighted by atomic mass is 9.96. The maximum Gasteiger partial charge on any atom is 0.354 e. The summed E-state index contributed by atoms with van der Waals surface area (Å²) in [4.78, 5) is 20.3. The second kappa shape index (κ2) is 13.0. The Hall–Kier alpha value is -3.57. The zero-order valence-electron chi connectivity index (χ0n) is 24.8. The monoisotopic (exact) mass is 607 g/mol. The molecule has 1 saturated heterocycles. The third-order valence-corrected chi connectivity index (χ3v) is 7.94. The van der Waals surface area contributed by atoms with Crippen molar-refractivity contribution in [1.29, 1.82) is 5.41 Å². The molecule has 9 nitrogen and oxygen atoms in total. The second-order valence-corrected chi connectivity index (χ2v) is 12.5. The van der Waals surface area contributed by atoms with Crippen LogP contribution in [0.4, 0.5) is 4.39 Å². The number of nitrogens with zero attached hydrogens (tertiary/aromatic N) is 2. The molecule has 0 saturated carbocycles. The summed E-state index contributed by atoms with van der Waals surface area (Å²) in [6.07, 6.45) is 4.96. The van der Waals surface area contributed by atoms with Gasteiger partial charge in [0.25, 0.3) is 0 Å². The van der Waals surface area contributed by atoms with Crippen molar-refractivity contribution >= 4 is 28.5 Å². The molecule has 2 aromatic heterocycles. The lowest BCUT2D eigenvalue weighted by Crippen LogP contribution is -2.45. The first-order chi connectivity index (χ1) is 20.5. The fraction of sp³-hybridized carbons (Fsp3) is 0.406. The summed E-state index contributed by atoms with van der Waals surface area (Å²) in [5.41, 5.74) is 9.24. The lowest BCUT2D eigenvalue weighted by Gasteiger charge is -2.31. The molecule has 228 valence electrons. The average Bonchev–Trinajstić information content (AvgIpc) is 3.36. The summed E-state index contributed by atoms with van der Waals surface area (Å²) in [5, 5.41) is 14.9. The van der Waals surface area contributed by atoms with Crippen LogP contribution < -0.4 is 22.1 Å². The fourth-order valence-corrected chi connectivity index (χ4v) is 5.67. The van der Waals surface area contributed by atoms with Crippen LogP contribution in [0.2, 0.25) is 5.02 Å². The number of rotatable bonds is 10. The molecule has 2 atom stereocenters. The largest absolute Gasteiger partial charge is 0.378 e. The Morgan fingerprint density at radius 3 is 2.74 bits per heavy atom. The number of aromatic nitrogens is 3. The Kier molecular flexibility index (Phi) is 9.31. The van der Waals surface area contributed by atoms with E-state index in [4.69, 9.17) is 27.5 Å². The molecule has 1 fully saturated rings. The average molecular weight is 608 g/mol. The van der Waals surface area contributed by atoms with Gasteiger partial charge in [-0.1, -0.05) is 23.7 Å². The third kappa shape index (κ3) is 7.69. The number of H-pyrrole nitrogens is 1. The highest BCUT2D eigenvalue weighted by atomic mass is 35.5. The number of aromatic amines is 1. The summed E-state index contributed by atoms with van der Waals surface area (Å²) in [6.45, 7) is 7.58. The number of fused-ring (bicyclic) bond motifs is 1. The van der Waals surface area contributed by atoms with Crippen LogP contribution in [0.5, 0.6) is 0 Å². The zero-order chi connectivity index (χ0) is 30.7. The molecule has 11 heteroatoms. The smallest absolute Gasteiger partial charge is 0.354 e. The van der Waals surface area contributed by atoms with E-state index >= 15 is 4.39 Å². The normalized spacial score (nSPS) is 17.3. The van der Waals surface area contributed by atoms with Crippen LogP contribution in [0.25, 0.3) is 28.0 Å². The maximum absolute atomic E-state index is 15.2. The molecule has 1 aliphatic heterocycles. The standard InChI is InChI=1S/C32H39ClFN7O2/c1-19(35)37-12-10-23-17-43-18-28(38-23)21-6-8-24(9-7-21)41-16-22-15-27(39-30(22)40-31(41)42)25-13-20(14-26(33)29(25)34)5-4-11-32(2,3)36/h6-9,13-16,23,28,38H,4-5,10-12,17-18,36H2,1-3H3,(H2,35,37)(H,39,40,42)/t23-,28+/m1/s1. The van der Waals surface area contributed by atoms with Crippen molar-refractivity contribution in [2.75, 3.05) is 19.8 Å². The van der Waals surface area contributed by atoms with Crippen molar-refractivity contribution in [2.45, 2.75) is 64.1 Å². The van der Waals surface area contributed by atoms with Gasteiger partial charge in [-0.2, -0.15) is 4.98 Å². The number of hydrogen-bond acceptors (Lipinski definition) is 6. The number of hydrogen-bond donors (Lipinski definition) is 5. The van der Waals surface area contributed by atoms with Crippen LogP contribution in [0.3, 0.4) is 0 Å². The van der Waals surface area contributed by atoms with Gasteiger partial charge in [-0.05, 0) is 87.9 Å². The van der Waals surface area contributed by atoms with Gasteiger partial charge in [0.2, 0.25) is 0 Å². The molecule has 2 aromatic carbocycles. The Bertz CT molecular complexity index is 1660. The molecule has 0 amide bonds. The highest BCUT2D eigenvalue weighted by Gasteiger charge is 2.23. The van der Waals surface area contributed by atoms with Crippen LogP contribution in [-0.4, -0.2) is 51.7 Å². The summed E-state index contributed by atoms with van der Waals surface area (Å²) < 4.78 is 22.5. The van der Waals surface area contributed by atoms with Crippen LogP contribution in [0, 0.1) is 11.2 Å². The first-order valence-corrected chi connectivity index (χ1v) is 15.0. The SMILES string of the molecule is CC(=N)NCC[C@@H]1COC[C@@H](c2ccc(-n3cc4cc(-c5cc(CCCC(C)(C)N)cc(Cl)c5F)[nH]c4nc3=O)cc2)N1. The fourth-order valence-electron chi connectivity index (χ4n) is 5.43. The van der Waals surface area contributed by atoms with Gasteiger partial charge in [0, 0.05) is 35.3 Å². The molecule has 0 aliphatic carbocycles.